The van der Waals surface area contributed by atoms with Crippen LogP contribution < -0.4 is 10.2 Å². The van der Waals surface area contributed by atoms with Crippen molar-refractivity contribution >= 4 is 39.1 Å². The first-order valence-corrected chi connectivity index (χ1v) is 13.1. The predicted octanol–water partition coefficient (Wildman–Crippen LogP) is 4.00. The van der Waals surface area contributed by atoms with Crippen molar-refractivity contribution in [2.45, 2.75) is 78.3 Å². The Kier molecular flexibility index (Phi) is 7.52. The zero-order chi connectivity index (χ0) is 26.2. The van der Waals surface area contributed by atoms with Crippen molar-refractivity contribution in [1.29, 1.82) is 0 Å². The molecule has 1 saturated heterocycles. The highest BCUT2D eigenvalue weighted by Gasteiger charge is 2.49. The Morgan fingerprint density at radius 3 is 2.11 bits per heavy atom. The summed E-state index contributed by atoms with van der Waals surface area (Å²) in [5.74, 6) is -1.28. The van der Waals surface area contributed by atoms with Crippen LogP contribution in [0.15, 0.2) is 35.2 Å². The normalized spacial score (nSPS) is 17.3. The molecule has 1 aliphatic heterocycles. The molecule has 0 saturated carbocycles. The van der Waals surface area contributed by atoms with Gasteiger partial charge in [0.25, 0.3) is 5.91 Å². The molecule has 8 nitrogen and oxygen atoms in total. The molecule has 9 heteroatoms. The lowest BCUT2D eigenvalue weighted by Gasteiger charge is -2.33. The number of imide groups is 1. The zero-order valence-corrected chi connectivity index (χ0v) is 22.1. The van der Waals surface area contributed by atoms with E-state index in [1.807, 2.05) is 26.8 Å². The third-order valence-corrected chi connectivity index (χ3v) is 9.03. The summed E-state index contributed by atoms with van der Waals surface area (Å²) >= 11 is 0. The van der Waals surface area contributed by atoms with Gasteiger partial charge in [0.2, 0.25) is 21.8 Å². The van der Waals surface area contributed by atoms with Gasteiger partial charge in [0.1, 0.15) is 6.04 Å². The first-order chi connectivity index (χ1) is 16.3. The fourth-order valence-corrected chi connectivity index (χ4v) is 6.98. The van der Waals surface area contributed by atoms with Gasteiger partial charge >= 0.3 is 0 Å². The fraction of sp³-hybridized carbons (Fsp3) is 0.423. The predicted molar refractivity (Wildman–Crippen MR) is 136 cm³/mol. The molecule has 1 aliphatic rings. The molecule has 1 N–H and O–H groups in total. The van der Waals surface area contributed by atoms with Crippen LogP contribution in [0.5, 0.6) is 0 Å². The van der Waals surface area contributed by atoms with E-state index in [4.69, 9.17) is 0 Å². The van der Waals surface area contributed by atoms with Crippen molar-refractivity contribution in [3.05, 3.63) is 52.6 Å². The average molecular weight is 500 g/mol. The summed E-state index contributed by atoms with van der Waals surface area (Å²) in [6, 6.07) is 6.62. The molecular formula is C26H33N3O5S. The van der Waals surface area contributed by atoms with Gasteiger partial charge in [-0.3, -0.25) is 14.4 Å². The zero-order valence-electron chi connectivity index (χ0n) is 21.3. The molecule has 1 fully saturated rings. The van der Waals surface area contributed by atoms with Crippen LogP contribution in [0.2, 0.25) is 0 Å². The number of aryl methyl sites for hydroxylation is 2. The van der Waals surface area contributed by atoms with Gasteiger partial charge in [-0.05, 0) is 87.6 Å². The lowest BCUT2D eigenvalue weighted by atomic mass is 10.0. The highest BCUT2D eigenvalue weighted by atomic mass is 32.2. The highest BCUT2D eigenvalue weighted by molar-refractivity contribution is 7.89. The molecule has 2 unspecified atom stereocenters. The Labute approximate surface area is 207 Å². The van der Waals surface area contributed by atoms with Gasteiger partial charge in [-0.1, -0.05) is 13.0 Å². The van der Waals surface area contributed by atoms with E-state index in [-0.39, 0.29) is 17.2 Å². The third-order valence-electron chi connectivity index (χ3n) is 6.73. The summed E-state index contributed by atoms with van der Waals surface area (Å²) in [5, 5.41) is 2.64. The Morgan fingerprint density at radius 2 is 1.63 bits per heavy atom. The van der Waals surface area contributed by atoms with E-state index in [1.54, 1.807) is 45.0 Å². The van der Waals surface area contributed by atoms with Crippen LogP contribution >= 0.6 is 0 Å². The molecule has 188 valence electrons. The number of rotatable bonds is 7. The van der Waals surface area contributed by atoms with Crippen LogP contribution in [0.3, 0.4) is 0 Å². The summed E-state index contributed by atoms with van der Waals surface area (Å²) in [4.78, 5) is 39.1. The minimum absolute atomic E-state index is 0.202. The summed E-state index contributed by atoms with van der Waals surface area (Å²) < 4.78 is 29.5. The molecule has 0 bridgehead atoms. The summed E-state index contributed by atoms with van der Waals surface area (Å²) in [6.45, 7) is 12.3. The maximum atomic E-state index is 14.1. The number of hydrogen-bond acceptors (Lipinski definition) is 5. The third kappa shape index (κ3) is 4.88. The molecule has 0 aromatic heterocycles. The Morgan fingerprint density at radius 1 is 1.09 bits per heavy atom. The lowest BCUT2D eigenvalue weighted by molar-refractivity contribution is -0.122. The Bertz CT molecular complexity index is 1260. The first kappa shape index (κ1) is 26.6. The van der Waals surface area contributed by atoms with Gasteiger partial charge in [-0.25, -0.2) is 13.3 Å². The van der Waals surface area contributed by atoms with Crippen molar-refractivity contribution in [3.63, 3.8) is 0 Å². The van der Waals surface area contributed by atoms with Crippen LogP contribution in [0.1, 0.15) is 55.9 Å². The number of nitrogens with zero attached hydrogens (tertiary/aromatic N) is 2. The molecule has 0 spiro atoms. The number of nitrogens with one attached hydrogen (secondary N) is 1. The number of benzene rings is 2. The van der Waals surface area contributed by atoms with Crippen LogP contribution in [-0.4, -0.2) is 42.5 Å². The van der Waals surface area contributed by atoms with Gasteiger partial charge in [0.15, 0.2) is 0 Å². The number of anilines is 2. The van der Waals surface area contributed by atoms with Crippen molar-refractivity contribution in [1.82, 2.24) is 4.31 Å². The number of carbonyl (C=O) groups excluding carboxylic acids is 3. The molecule has 3 amide bonds. The minimum Gasteiger partial charge on any atom is -0.326 e. The second kappa shape index (κ2) is 9.91. The van der Waals surface area contributed by atoms with Crippen molar-refractivity contribution in [3.8, 4) is 0 Å². The fourth-order valence-electron chi connectivity index (χ4n) is 4.55. The van der Waals surface area contributed by atoms with Crippen molar-refractivity contribution < 1.29 is 22.8 Å². The highest BCUT2D eigenvalue weighted by Crippen LogP contribution is 2.35. The molecule has 0 radical (unpaired) electrons. The molecular weight excluding hydrogens is 466 g/mol. The van der Waals surface area contributed by atoms with Crippen molar-refractivity contribution in [2.24, 2.45) is 0 Å². The van der Waals surface area contributed by atoms with Crippen LogP contribution in [-0.2, 0) is 24.4 Å². The quantitative estimate of drug-likeness (QED) is 0.580. The van der Waals surface area contributed by atoms with Crippen LogP contribution in [0.25, 0.3) is 0 Å². The van der Waals surface area contributed by atoms with Gasteiger partial charge in [-0.15, -0.1) is 0 Å². The molecule has 3 rings (SSSR count). The monoisotopic (exact) mass is 499 g/mol. The molecule has 2 aromatic carbocycles. The summed E-state index contributed by atoms with van der Waals surface area (Å²) in [5.41, 5.74) is 3.85. The van der Waals surface area contributed by atoms with Gasteiger partial charge in [0, 0.05) is 18.7 Å². The molecule has 2 atom stereocenters. The SMILES string of the molecule is CCC(C)N(C1CC(=O)N(c2ccc(NC(C)=O)cc2)C1=O)S(=O)(=O)c1c(C)c(C)cc(C)c1C. The van der Waals surface area contributed by atoms with E-state index in [2.05, 4.69) is 5.32 Å². The molecule has 0 aliphatic carbocycles. The summed E-state index contributed by atoms with van der Waals surface area (Å²) in [6.07, 6.45) is 0.240. The Hall–Kier alpha value is -3.04. The molecule has 2 aromatic rings. The van der Waals surface area contributed by atoms with E-state index in [0.717, 1.165) is 16.0 Å². The maximum Gasteiger partial charge on any atom is 0.252 e. The number of amides is 3. The smallest absolute Gasteiger partial charge is 0.252 e. The Balaban J connectivity index is 2.06. The van der Waals surface area contributed by atoms with E-state index in [9.17, 15) is 22.8 Å². The maximum absolute atomic E-state index is 14.1. The molecule has 1 heterocycles. The number of sulfonamides is 1. The van der Waals surface area contributed by atoms with Crippen molar-refractivity contribution in [2.75, 3.05) is 10.2 Å². The van der Waals surface area contributed by atoms with Gasteiger partial charge < -0.3 is 5.32 Å². The van der Waals surface area contributed by atoms with Crippen LogP contribution in [0.4, 0.5) is 11.4 Å². The standard InChI is InChI=1S/C26H33N3O5S/c1-8-17(4)29(35(33,34)25-18(5)15(2)13-16(3)19(25)6)23-14-24(31)28(26(23)32)22-11-9-21(10-12-22)27-20(7)30/h9-13,17,23H,8,14H2,1-7H3,(H,27,30). The number of carbonyl (C=O) groups is 3. The molecule has 35 heavy (non-hydrogen) atoms. The number of hydrogen-bond donors (Lipinski definition) is 1. The van der Waals surface area contributed by atoms with E-state index in [0.29, 0.717) is 28.9 Å². The van der Waals surface area contributed by atoms with E-state index in [1.165, 1.54) is 11.2 Å². The topological polar surface area (TPSA) is 104 Å². The second-order valence-electron chi connectivity index (χ2n) is 9.20. The average Bonchev–Trinajstić information content (AvgIpc) is 3.05. The van der Waals surface area contributed by atoms with Crippen LogP contribution in [0, 0.1) is 27.7 Å². The summed E-state index contributed by atoms with van der Waals surface area (Å²) in [7, 11) is -4.10. The van der Waals surface area contributed by atoms with Gasteiger partial charge in [-0.2, -0.15) is 4.31 Å². The first-order valence-electron chi connectivity index (χ1n) is 11.7. The lowest BCUT2D eigenvalue weighted by Crippen LogP contribution is -2.49. The minimum atomic E-state index is -4.10. The van der Waals surface area contributed by atoms with Gasteiger partial charge in [0.05, 0.1) is 17.0 Å². The largest absolute Gasteiger partial charge is 0.326 e. The van der Waals surface area contributed by atoms with E-state index < -0.39 is 33.9 Å². The second-order valence-corrected chi connectivity index (χ2v) is 11.0. The van der Waals surface area contributed by atoms with E-state index >= 15 is 0 Å².